The normalized spacial score (nSPS) is 11.0. The fourth-order valence-corrected chi connectivity index (χ4v) is 3.83. The van der Waals surface area contributed by atoms with Crippen LogP contribution in [0.25, 0.3) is 0 Å². The van der Waals surface area contributed by atoms with Gasteiger partial charge in [-0.05, 0) is 43.5 Å². The summed E-state index contributed by atoms with van der Waals surface area (Å²) in [5, 5.41) is 2.68. The van der Waals surface area contributed by atoms with E-state index in [2.05, 4.69) is 21.2 Å². The predicted octanol–water partition coefficient (Wildman–Crippen LogP) is 3.26. The third kappa shape index (κ3) is 8.62. The molecule has 0 radical (unpaired) electrons. The van der Waals surface area contributed by atoms with E-state index in [1.165, 1.54) is 35.9 Å². The highest BCUT2D eigenvalue weighted by molar-refractivity contribution is 5.96. The topological polar surface area (TPSA) is 141 Å². The molecule has 3 N–H and O–H groups in total. The van der Waals surface area contributed by atoms with Crippen LogP contribution in [0.4, 0.5) is 9.18 Å². The summed E-state index contributed by atoms with van der Waals surface area (Å²) in [5.41, 5.74) is 3.56. The molecule has 0 unspecified atom stereocenters. The van der Waals surface area contributed by atoms with E-state index in [9.17, 15) is 23.6 Å². The summed E-state index contributed by atoms with van der Waals surface area (Å²) in [7, 11) is 1.45. The molecule has 0 aliphatic heterocycles. The molecule has 0 saturated carbocycles. The molecule has 218 valence electrons. The van der Waals surface area contributed by atoms with Crippen LogP contribution >= 0.6 is 0 Å². The number of amides is 3. The monoisotopic (exact) mass is 567 g/mol. The summed E-state index contributed by atoms with van der Waals surface area (Å²) in [4.78, 5) is 55.8. The lowest BCUT2D eigenvalue weighted by atomic mass is 10.0. The zero-order valence-electron chi connectivity index (χ0n) is 23.5. The Labute approximate surface area is 237 Å². The summed E-state index contributed by atoms with van der Waals surface area (Å²) >= 11 is 0. The minimum Gasteiger partial charge on any atom is -0.486 e. The summed E-state index contributed by atoms with van der Waals surface area (Å²) in [6.07, 6.45) is 0.531. The first-order valence-electron chi connectivity index (χ1n) is 13.1. The molecular formula is C29H34FN5O6. The molecule has 1 heterocycles. The van der Waals surface area contributed by atoms with Crippen LogP contribution in [0.5, 0.6) is 5.75 Å². The number of carbonyl (C=O) groups excluding carboxylic acids is 3. The molecular weight excluding hydrogens is 533 g/mol. The van der Waals surface area contributed by atoms with Gasteiger partial charge in [-0.2, -0.15) is 0 Å². The first kappa shape index (κ1) is 30.8. The van der Waals surface area contributed by atoms with Crippen LogP contribution < -0.4 is 26.5 Å². The van der Waals surface area contributed by atoms with Gasteiger partial charge in [-0.1, -0.05) is 55.8 Å². The number of rotatable bonds is 11. The zero-order chi connectivity index (χ0) is 30.0. The molecule has 11 nitrogen and oxygen atoms in total. The number of hydrazine groups is 1. The van der Waals surface area contributed by atoms with Crippen molar-refractivity contribution in [2.24, 2.45) is 7.05 Å². The predicted molar refractivity (Wildman–Crippen MR) is 148 cm³/mol. The molecule has 3 aromatic rings. The van der Waals surface area contributed by atoms with Gasteiger partial charge in [0.15, 0.2) is 5.69 Å². The van der Waals surface area contributed by atoms with Gasteiger partial charge in [0, 0.05) is 7.05 Å². The average molecular weight is 568 g/mol. The van der Waals surface area contributed by atoms with E-state index < -0.39 is 34.8 Å². The van der Waals surface area contributed by atoms with Gasteiger partial charge >= 0.3 is 6.09 Å². The van der Waals surface area contributed by atoms with Gasteiger partial charge in [0.2, 0.25) is 11.7 Å². The molecule has 0 fully saturated rings. The van der Waals surface area contributed by atoms with Crippen LogP contribution in [0.15, 0.2) is 59.4 Å². The maximum Gasteiger partial charge on any atom is 0.408 e. The van der Waals surface area contributed by atoms with Gasteiger partial charge in [-0.3, -0.25) is 29.8 Å². The number of carbonyl (C=O) groups is 3. The highest BCUT2D eigenvalue weighted by atomic mass is 19.1. The van der Waals surface area contributed by atoms with Crippen molar-refractivity contribution in [2.75, 3.05) is 6.61 Å². The van der Waals surface area contributed by atoms with E-state index in [-0.39, 0.29) is 36.9 Å². The first-order chi connectivity index (χ1) is 19.5. The average Bonchev–Trinajstić information content (AvgIpc) is 2.94. The number of hydrogen-bond acceptors (Lipinski definition) is 7. The minimum absolute atomic E-state index is 0.0323. The number of ether oxygens (including phenoxy) is 2. The fraction of sp³-hybridized carbons (Fsp3) is 0.345. The van der Waals surface area contributed by atoms with E-state index in [0.717, 1.165) is 12.0 Å². The van der Waals surface area contributed by atoms with E-state index in [4.69, 9.17) is 9.47 Å². The van der Waals surface area contributed by atoms with Crippen LogP contribution in [-0.4, -0.2) is 34.1 Å². The first-order valence-corrected chi connectivity index (χ1v) is 13.1. The second-order valence-electron chi connectivity index (χ2n) is 9.80. The standard InChI is InChI=1S/C29H34FN5O6/c1-5-6-16-40-24-23(25(37)34-33-22(36)17-19-12-14-21(30)15-13-19)31-27(35(4)26(24)38)29(2,3)32-28(39)41-18-20-10-8-7-9-11-20/h7-15H,5-6,16-18H2,1-4H3,(H,32,39)(H,33,36)(H,34,37). The number of halogens is 1. The summed E-state index contributed by atoms with van der Waals surface area (Å²) < 4.78 is 25.3. The third-order valence-electron chi connectivity index (χ3n) is 5.99. The fourth-order valence-electron chi connectivity index (χ4n) is 3.83. The Kier molecular flexibility index (Phi) is 10.6. The Hall–Kier alpha value is -4.74. The van der Waals surface area contributed by atoms with Crippen molar-refractivity contribution < 1.29 is 28.2 Å². The quantitative estimate of drug-likeness (QED) is 0.239. The molecule has 41 heavy (non-hydrogen) atoms. The highest BCUT2D eigenvalue weighted by Crippen LogP contribution is 2.21. The second kappa shape index (κ2) is 14.1. The van der Waals surface area contributed by atoms with Crippen molar-refractivity contribution in [2.45, 2.75) is 52.2 Å². The summed E-state index contributed by atoms with van der Waals surface area (Å²) in [5.74, 6) is -2.16. The molecule has 0 spiro atoms. The van der Waals surface area contributed by atoms with Crippen LogP contribution in [-0.2, 0) is 35.1 Å². The molecule has 1 aromatic heterocycles. The van der Waals surface area contributed by atoms with Gasteiger partial charge < -0.3 is 14.8 Å². The lowest BCUT2D eigenvalue weighted by Gasteiger charge is -2.28. The van der Waals surface area contributed by atoms with Crippen molar-refractivity contribution in [1.82, 2.24) is 25.7 Å². The molecule has 0 saturated heterocycles. The lowest BCUT2D eigenvalue weighted by molar-refractivity contribution is -0.121. The Morgan fingerprint density at radius 3 is 2.34 bits per heavy atom. The molecule has 0 bridgehead atoms. The lowest BCUT2D eigenvalue weighted by Crippen LogP contribution is -2.47. The number of nitrogens with one attached hydrogen (secondary N) is 3. The van der Waals surface area contributed by atoms with Crippen LogP contribution in [0.1, 0.15) is 61.1 Å². The molecule has 3 amide bonds. The third-order valence-corrected chi connectivity index (χ3v) is 5.99. The highest BCUT2D eigenvalue weighted by Gasteiger charge is 2.32. The minimum atomic E-state index is -1.26. The van der Waals surface area contributed by atoms with Crippen molar-refractivity contribution >= 4 is 17.9 Å². The van der Waals surface area contributed by atoms with Gasteiger partial charge in [0.25, 0.3) is 11.5 Å². The van der Waals surface area contributed by atoms with E-state index in [1.54, 1.807) is 13.8 Å². The zero-order valence-corrected chi connectivity index (χ0v) is 23.5. The van der Waals surface area contributed by atoms with Crippen molar-refractivity contribution in [3.8, 4) is 5.75 Å². The molecule has 3 rings (SSSR count). The number of unbranched alkanes of at least 4 members (excludes halogenated alkanes) is 1. The van der Waals surface area contributed by atoms with Crippen LogP contribution in [0, 0.1) is 5.82 Å². The second-order valence-corrected chi connectivity index (χ2v) is 9.80. The van der Waals surface area contributed by atoms with Crippen molar-refractivity contribution in [3.05, 3.63) is 93.4 Å². The largest absolute Gasteiger partial charge is 0.486 e. The molecule has 0 atom stereocenters. The Bertz CT molecular complexity index is 1420. The Morgan fingerprint density at radius 1 is 1.00 bits per heavy atom. The maximum absolute atomic E-state index is 13.3. The molecule has 0 aliphatic rings. The van der Waals surface area contributed by atoms with Gasteiger partial charge in [0.1, 0.15) is 18.2 Å². The SMILES string of the molecule is CCCCOc1c(C(=O)NNC(=O)Cc2ccc(F)cc2)nc(C(C)(C)NC(=O)OCc2ccccc2)n(C)c1=O. The summed E-state index contributed by atoms with van der Waals surface area (Å²) in [6.45, 7) is 5.34. The number of hydrogen-bond donors (Lipinski definition) is 3. The maximum atomic E-state index is 13.3. The molecule has 2 aromatic carbocycles. The molecule has 12 heteroatoms. The van der Waals surface area contributed by atoms with Gasteiger partial charge in [0.05, 0.1) is 18.6 Å². The van der Waals surface area contributed by atoms with Crippen LogP contribution in [0.2, 0.25) is 0 Å². The van der Waals surface area contributed by atoms with Crippen molar-refractivity contribution in [1.29, 1.82) is 0 Å². The number of alkyl carbamates (subject to hydrolysis) is 1. The number of aromatic nitrogens is 2. The van der Waals surface area contributed by atoms with E-state index in [1.807, 2.05) is 37.3 Å². The molecule has 0 aliphatic carbocycles. The van der Waals surface area contributed by atoms with Crippen molar-refractivity contribution in [3.63, 3.8) is 0 Å². The Morgan fingerprint density at radius 2 is 1.68 bits per heavy atom. The van der Waals surface area contributed by atoms with Crippen LogP contribution in [0.3, 0.4) is 0 Å². The number of benzene rings is 2. The Balaban J connectivity index is 1.81. The van der Waals surface area contributed by atoms with Gasteiger partial charge in [-0.15, -0.1) is 0 Å². The van der Waals surface area contributed by atoms with Gasteiger partial charge in [-0.25, -0.2) is 14.2 Å². The summed E-state index contributed by atoms with van der Waals surface area (Å²) in [6, 6.07) is 14.5. The van der Waals surface area contributed by atoms with E-state index in [0.29, 0.717) is 12.0 Å². The smallest absolute Gasteiger partial charge is 0.408 e. The number of nitrogens with zero attached hydrogens (tertiary/aromatic N) is 2. The van der Waals surface area contributed by atoms with E-state index >= 15 is 0 Å².